The van der Waals surface area contributed by atoms with Gasteiger partial charge in [-0.1, -0.05) is 6.92 Å². The van der Waals surface area contributed by atoms with E-state index < -0.39 is 0 Å². The summed E-state index contributed by atoms with van der Waals surface area (Å²) in [6, 6.07) is 6.06. The first-order valence-corrected chi connectivity index (χ1v) is 6.45. The Labute approximate surface area is 107 Å². The van der Waals surface area contributed by atoms with Gasteiger partial charge in [-0.05, 0) is 37.5 Å². The molecule has 1 aliphatic rings. The van der Waals surface area contributed by atoms with E-state index in [1.165, 1.54) is 5.56 Å². The number of ether oxygens (including phenoxy) is 2. The van der Waals surface area contributed by atoms with E-state index in [-0.39, 0.29) is 0 Å². The van der Waals surface area contributed by atoms with Gasteiger partial charge in [0.1, 0.15) is 11.5 Å². The smallest absolute Gasteiger partial charge is 0.141 e. The third-order valence-corrected chi connectivity index (χ3v) is 3.30. The minimum absolute atomic E-state index is 0.554. The maximum Gasteiger partial charge on any atom is 0.141 e. The Morgan fingerprint density at radius 3 is 3.17 bits per heavy atom. The summed E-state index contributed by atoms with van der Waals surface area (Å²) in [5, 5.41) is 1.16. The predicted molar refractivity (Wildman–Crippen MR) is 71.3 cm³/mol. The van der Waals surface area contributed by atoms with Gasteiger partial charge in [0.15, 0.2) is 0 Å². The second kappa shape index (κ2) is 4.48. The highest BCUT2D eigenvalue weighted by Crippen LogP contribution is 2.33. The van der Waals surface area contributed by atoms with Crippen molar-refractivity contribution in [3.8, 4) is 11.5 Å². The number of rotatable bonds is 2. The van der Waals surface area contributed by atoms with Crippen molar-refractivity contribution in [2.24, 2.45) is 5.92 Å². The Kier molecular flexibility index (Phi) is 2.82. The van der Waals surface area contributed by atoms with Crippen molar-refractivity contribution in [3.63, 3.8) is 0 Å². The van der Waals surface area contributed by atoms with Crippen LogP contribution in [0.2, 0.25) is 0 Å². The van der Waals surface area contributed by atoms with E-state index in [1.807, 2.05) is 25.3 Å². The highest BCUT2D eigenvalue weighted by atomic mass is 16.5. The van der Waals surface area contributed by atoms with E-state index in [2.05, 4.69) is 18.0 Å². The number of aromatic nitrogens is 1. The lowest BCUT2D eigenvalue weighted by Crippen LogP contribution is -2.18. The molecule has 1 aromatic carbocycles. The fourth-order valence-electron chi connectivity index (χ4n) is 2.44. The number of hydrogen-bond donors (Lipinski definition) is 0. The zero-order valence-corrected chi connectivity index (χ0v) is 10.8. The zero-order chi connectivity index (χ0) is 12.5. The van der Waals surface area contributed by atoms with Crippen LogP contribution in [0.25, 0.3) is 10.9 Å². The number of nitrogens with zero attached hydrogens (tertiary/aromatic N) is 1. The average Bonchev–Trinajstić information content (AvgIpc) is 2.39. The van der Waals surface area contributed by atoms with Gasteiger partial charge in [-0.25, -0.2) is 0 Å². The van der Waals surface area contributed by atoms with E-state index in [0.29, 0.717) is 12.5 Å². The van der Waals surface area contributed by atoms with Crippen LogP contribution in [0.5, 0.6) is 11.5 Å². The Hall–Kier alpha value is -1.77. The maximum absolute atomic E-state index is 5.74. The number of hydrogen-bond acceptors (Lipinski definition) is 3. The number of pyridine rings is 1. The van der Waals surface area contributed by atoms with E-state index in [0.717, 1.165) is 35.4 Å². The molecule has 94 valence electrons. The van der Waals surface area contributed by atoms with Gasteiger partial charge >= 0.3 is 0 Å². The first-order chi connectivity index (χ1) is 8.78. The van der Waals surface area contributed by atoms with E-state index in [1.54, 1.807) is 0 Å². The Morgan fingerprint density at radius 2 is 2.33 bits per heavy atom. The lowest BCUT2D eigenvalue weighted by atomic mass is 9.95. The summed E-state index contributed by atoms with van der Waals surface area (Å²) < 4.78 is 11.3. The Bertz CT molecular complexity index is 580. The molecule has 2 heterocycles. The predicted octanol–water partition coefficient (Wildman–Crippen LogP) is 3.20. The van der Waals surface area contributed by atoms with Crippen molar-refractivity contribution >= 4 is 10.9 Å². The van der Waals surface area contributed by atoms with Gasteiger partial charge in [0.05, 0.1) is 24.9 Å². The lowest BCUT2D eigenvalue weighted by molar-refractivity contribution is 0.234. The molecule has 18 heavy (non-hydrogen) atoms. The van der Waals surface area contributed by atoms with Crippen molar-refractivity contribution < 1.29 is 9.47 Å². The van der Waals surface area contributed by atoms with E-state index in [9.17, 15) is 0 Å². The molecule has 0 fully saturated rings. The topological polar surface area (TPSA) is 31.4 Å². The average molecular weight is 243 g/mol. The van der Waals surface area contributed by atoms with Crippen LogP contribution >= 0.6 is 0 Å². The second-order valence-electron chi connectivity index (χ2n) is 4.83. The summed E-state index contributed by atoms with van der Waals surface area (Å²) >= 11 is 0. The largest absolute Gasteiger partial charge is 0.494 e. The fourth-order valence-corrected chi connectivity index (χ4v) is 2.44. The van der Waals surface area contributed by atoms with Crippen molar-refractivity contribution in [2.75, 3.05) is 13.2 Å². The van der Waals surface area contributed by atoms with Gasteiger partial charge in [0, 0.05) is 10.9 Å². The zero-order valence-electron chi connectivity index (χ0n) is 10.8. The molecule has 0 radical (unpaired) electrons. The monoisotopic (exact) mass is 243 g/mol. The molecule has 0 spiro atoms. The third kappa shape index (κ3) is 1.90. The van der Waals surface area contributed by atoms with Gasteiger partial charge in [0.25, 0.3) is 0 Å². The van der Waals surface area contributed by atoms with Crippen LogP contribution in [0.15, 0.2) is 24.4 Å². The molecule has 1 atom stereocenters. The third-order valence-electron chi connectivity index (χ3n) is 3.30. The first-order valence-electron chi connectivity index (χ1n) is 6.45. The molecule has 0 saturated carbocycles. The quantitative estimate of drug-likeness (QED) is 0.811. The molecule has 1 aromatic heterocycles. The summed E-state index contributed by atoms with van der Waals surface area (Å²) in [5.74, 6) is 2.38. The Morgan fingerprint density at radius 1 is 1.44 bits per heavy atom. The number of benzene rings is 1. The summed E-state index contributed by atoms with van der Waals surface area (Å²) in [4.78, 5) is 4.44. The van der Waals surface area contributed by atoms with Gasteiger partial charge in [0.2, 0.25) is 0 Å². The van der Waals surface area contributed by atoms with Crippen LogP contribution in [0, 0.1) is 5.92 Å². The van der Waals surface area contributed by atoms with Crippen LogP contribution in [0.1, 0.15) is 19.4 Å². The molecule has 2 aromatic rings. The van der Waals surface area contributed by atoms with Crippen molar-refractivity contribution in [3.05, 3.63) is 30.0 Å². The molecule has 0 saturated heterocycles. The Balaban J connectivity index is 2.16. The summed E-state index contributed by atoms with van der Waals surface area (Å²) in [7, 11) is 0. The molecule has 0 amide bonds. The fraction of sp³-hybridized carbons (Fsp3) is 0.400. The van der Waals surface area contributed by atoms with E-state index >= 15 is 0 Å². The van der Waals surface area contributed by atoms with Gasteiger partial charge in [-0.15, -0.1) is 0 Å². The maximum atomic E-state index is 5.74. The van der Waals surface area contributed by atoms with Crippen LogP contribution in [0.4, 0.5) is 0 Å². The number of fused-ring (bicyclic) bond motifs is 3. The van der Waals surface area contributed by atoms with Crippen LogP contribution in [-0.2, 0) is 6.42 Å². The van der Waals surface area contributed by atoms with Gasteiger partial charge < -0.3 is 9.47 Å². The molecule has 3 heteroatoms. The van der Waals surface area contributed by atoms with Crippen LogP contribution < -0.4 is 9.47 Å². The molecule has 0 bridgehead atoms. The van der Waals surface area contributed by atoms with Crippen LogP contribution in [-0.4, -0.2) is 18.2 Å². The summed E-state index contributed by atoms with van der Waals surface area (Å²) in [6.45, 7) is 5.67. The molecule has 0 aliphatic carbocycles. The minimum Gasteiger partial charge on any atom is -0.494 e. The van der Waals surface area contributed by atoms with E-state index in [4.69, 9.17) is 9.47 Å². The van der Waals surface area contributed by atoms with Crippen molar-refractivity contribution in [1.82, 2.24) is 4.98 Å². The molecule has 3 rings (SSSR count). The summed E-state index contributed by atoms with van der Waals surface area (Å²) in [6.07, 6.45) is 2.88. The van der Waals surface area contributed by atoms with Crippen molar-refractivity contribution in [2.45, 2.75) is 20.3 Å². The highest BCUT2D eigenvalue weighted by Gasteiger charge is 2.19. The normalized spacial score (nSPS) is 18.2. The highest BCUT2D eigenvalue weighted by molar-refractivity contribution is 5.85. The van der Waals surface area contributed by atoms with Gasteiger partial charge in [-0.3, -0.25) is 4.98 Å². The van der Waals surface area contributed by atoms with Crippen LogP contribution in [0.3, 0.4) is 0 Å². The second-order valence-corrected chi connectivity index (χ2v) is 4.83. The molecule has 3 nitrogen and oxygen atoms in total. The molecule has 1 aliphatic heterocycles. The van der Waals surface area contributed by atoms with Crippen molar-refractivity contribution in [1.29, 1.82) is 0 Å². The lowest BCUT2D eigenvalue weighted by Gasteiger charge is -2.23. The summed E-state index contributed by atoms with van der Waals surface area (Å²) in [5.41, 5.74) is 2.27. The molecular formula is C15H17NO2. The van der Waals surface area contributed by atoms with Gasteiger partial charge in [-0.2, -0.15) is 0 Å². The molecular weight excluding hydrogens is 226 g/mol. The molecule has 0 N–H and O–H groups in total. The standard InChI is InChI=1S/C15H17NO2/c1-3-17-11-4-5-14-12(7-11)13-6-10(2)9-18-15(13)8-16-14/h4-5,7-8,10H,3,6,9H2,1-2H3. The first kappa shape index (κ1) is 11.3. The minimum atomic E-state index is 0.554. The SMILES string of the molecule is CCOc1ccc2ncc3c(c2c1)CC(C)CO3. The molecule has 1 unspecified atom stereocenters.